The van der Waals surface area contributed by atoms with Crippen LogP contribution in [0.5, 0.6) is 0 Å². The van der Waals surface area contributed by atoms with E-state index in [0.29, 0.717) is 6.42 Å². The number of allylic oxidation sites excluding steroid dienone is 1. The number of rotatable bonds is 2. The molecule has 0 aliphatic heterocycles. The van der Waals surface area contributed by atoms with E-state index in [4.69, 9.17) is 11.5 Å². The highest BCUT2D eigenvalue weighted by atomic mass is 16.3. The lowest BCUT2D eigenvalue weighted by molar-refractivity contribution is 0.229. The maximum absolute atomic E-state index is 8.82. The Bertz CT molecular complexity index is 108. The molecular weight excluding hydrogens is 100 g/mol. The van der Waals surface area contributed by atoms with Gasteiger partial charge in [0.25, 0.3) is 0 Å². The lowest BCUT2D eigenvalue weighted by Crippen LogP contribution is -1.98. The molecule has 1 nitrogen and oxygen atoms in total. The highest BCUT2D eigenvalue weighted by Crippen LogP contribution is 1.89. The molecule has 0 bridgehead atoms. The van der Waals surface area contributed by atoms with Crippen LogP contribution in [0.1, 0.15) is 13.3 Å². The summed E-state index contributed by atoms with van der Waals surface area (Å²) >= 11 is 0. The molecule has 0 saturated carbocycles. The Balaban J connectivity index is 3.36. The largest absolute Gasteiger partial charge is 0.388 e. The van der Waals surface area contributed by atoms with E-state index >= 15 is 0 Å². The quantitative estimate of drug-likeness (QED) is 0.414. The minimum Gasteiger partial charge on any atom is -0.388 e. The van der Waals surface area contributed by atoms with E-state index in [9.17, 15) is 0 Å². The zero-order valence-electron chi connectivity index (χ0n) is 4.96. The molecule has 0 heterocycles. The van der Waals surface area contributed by atoms with Gasteiger partial charge in [-0.15, -0.1) is 12.3 Å². The number of aliphatic hydroxyl groups is 1. The minimum absolute atomic E-state index is 0.407. The maximum Gasteiger partial charge on any atom is 0.0829 e. The fourth-order valence-electron chi connectivity index (χ4n) is 0.411. The molecule has 1 unspecified atom stereocenters. The van der Waals surface area contributed by atoms with Gasteiger partial charge in [0, 0.05) is 6.42 Å². The standard InChI is InChI=1S/C7H10O/c1-3-5-7(8)6-4-2/h1,4,6-8H,5H2,2H3/b6-4+. The van der Waals surface area contributed by atoms with Crippen LogP contribution in [0.15, 0.2) is 12.2 Å². The summed E-state index contributed by atoms with van der Waals surface area (Å²) in [4.78, 5) is 0. The molecule has 44 valence electrons. The highest BCUT2D eigenvalue weighted by Gasteiger charge is 1.90. The van der Waals surface area contributed by atoms with Crippen molar-refractivity contribution >= 4 is 0 Å². The Morgan fingerprint density at radius 3 is 2.88 bits per heavy atom. The van der Waals surface area contributed by atoms with Crippen LogP contribution >= 0.6 is 0 Å². The van der Waals surface area contributed by atoms with Gasteiger partial charge in [-0.3, -0.25) is 0 Å². The molecule has 0 fully saturated rings. The fraction of sp³-hybridized carbons (Fsp3) is 0.429. The van der Waals surface area contributed by atoms with E-state index in [1.54, 1.807) is 12.2 Å². The SMILES string of the molecule is C#CCC(O)/C=C/C. The van der Waals surface area contributed by atoms with Crippen LogP contribution in [0.2, 0.25) is 0 Å². The Morgan fingerprint density at radius 2 is 2.50 bits per heavy atom. The molecule has 0 spiro atoms. The molecule has 0 aromatic heterocycles. The van der Waals surface area contributed by atoms with Crippen LogP contribution in [0.4, 0.5) is 0 Å². The predicted octanol–water partition coefficient (Wildman–Crippen LogP) is 0.947. The second-order valence-corrected chi connectivity index (χ2v) is 1.50. The Kier molecular flexibility index (Phi) is 4.01. The third-order valence-corrected chi connectivity index (χ3v) is 0.742. The molecule has 0 aliphatic carbocycles. The van der Waals surface area contributed by atoms with E-state index < -0.39 is 6.10 Å². The third-order valence-electron chi connectivity index (χ3n) is 0.742. The number of aliphatic hydroxyl groups excluding tert-OH is 1. The molecule has 0 aromatic rings. The van der Waals surface area contributed by atoms with Crippen molar-refractivity contribution in [1.29, 1.82) is 0 Å². The summed E-state index contributed by atoms with van der Waals surface area (Å²) in [6.07, 6.45) is 8.32. The zero-order valence-corrected chi connectivity index (χ0v) is 4.96. The first-order valence-corrected chi connectivity index (χ1v) is 2.55. The number of hydrogen-bond acceptors (Lipinski definition) is 1. The van der Waals surface area contributed by atoms with Crippen molar-refractivity contribution in [3.63, 3.8) is 0 Å². The Morgan fingerprint density at radius 1 is 1.88 bits per heavy atom. The summed E-state index contributed by atoms with van der Waals surface area (Å²) in [7, 11) is 0. The molecule has 0 aliphatic rings. The third kappa shape index (κ3) is 3.45. The molecule has 0 rings (SSSR count). The van der Waals surface area contributed by atoms with E-state index in [-0.39, 0.29) is 0 Å². The minimum atomic E-state index is -0.454. The van der Waals surface area contributed by atoms with E-state index in [1.807, 2.05) is 6.92 Å². The van der Waals surface area contributed by atoms with Gasteiger partial charge in [0.1, 0.15) is 0 Å². The van der Waals surface area contributed by atoms with Crippen LogP contribution in [-0.2, 0) is 0 Å². The zero-order chi connectivity index (χ0) is 6.41. The number of terminal acetylenes is 1. The van der Waals surface area contributed by atoms with Crippen LogP contribution < -0.4 is 0 Å². The second kappa shape index (κ2) is 4.42. The summed E-state index contributed by atoms with van der Waals surface area (Å²) in [5.74, 6) is 2.35. The molecule has 8 heavy (non-hydrogen) atoms. The average molecular weight is 110 g/mol. The van der Waals surface area contributed by atoms with Crippen molar-refractivity contribution < 1.29 is 5.11 Å². The van der Waals surface area contributed by atoms with Crippen molar-refractivity contribution in [1.82, 2.24) is 0 Å². The number of hydrogen-bond donors (Lipinski definition) is 1. The van der Waals surface area contributed by atoms with Crippen molar-refractivity contribution in [2.24, 2.45) is 0 Å². The second-order valence-electron chi connectivity index (χ2n) is 1.50. The van der Waals surface area contributed by atoms with Crippen molar-refractivity contribution in [2.75, 3.05) is 0 Å². The first kappa shape index (κ1) is 7.26. The molecule has 0 amide bonds. The van der Waals surface area contributed by atoms with Crippen LogP contribution in [0.3, 0.4) is 0 Å². The van der Waals surface area contributed by atoms with Gasteiger partial charge in [0.15, 0.2) is 0 Å². The average Bonchev–Trinajstić information content (AvgIpc) is 1.68. The lowest BCUT2D eigenvalue weighted by atomic mass is 10.2. The van der Waals surface area contributed by atoms with Gasteiger partial charge in [-0.05, 0) is 6.92 Å². The monoisotopic (exact) mass is 110 g/mol. The van der Waals surface area contributed by atoms with Crippen LogP contribution in [-0.4, -0.2) is 11.2 Å². The van der Waals surface area contributed by atoms with Crippen LogP contribution in [0, 0.1) is 12.3 Å². The van der Waals surface area contributed by atoms with Crippen molar-refractivity contribution in [3.8, 4) is 12.3 Å². The normalized spacial score (nSPS) is 13.6. The predicted molar refractivity (Wildman–Crippen MR) is 34.3 cm³/mol. The lowest BCUT2D eigenvalue weighted by Gasteiger charge is -1.94. The first-order valence-electron chi connectivity index (χ1n) is 2.55. The molecule has 1 N–H and O–H groups in total. The smallest absolute Gasteiger partial charge is 0.0829 e. The van der Waals surface area contributed by atoms with E-state index in [1.165, 1.54) is 0 Å². The summed E-state index contributed by atoms with van der Waals surface area (Å²) < 4.78 is 0. The maximum atomic E-state index is 8.82. The van der Waals surface area contributed by atoms with Crippen molar-refractivity contribution in [3.05, 3.63) is 12.2 Å². The molecule has 1 heteroatoms. The molecule has 0 aromatic carbocycles. The van der Waals surface area contributed by atoms with Crippen LogP contribution in [0.25, 0.3) is 0 Å². The summed E-state index contributed by atoms with van der Waals surface area (Å²) in [6.45, 7) is 1.85. The topological polar surface area (TPSA) is 20.2 Å². The van der Waals surface area contributed by atoms with Gasteiger partial charge in [-0.1, -0.05) is 12.2 Å². The van der Waals surface area contributed by atoms with Gasteiger partial charge in [0.2, 0.25) is 0 Å². The van der Waals surface area contributed by atoms with E-state index in [2.05, 4.69) is 5.92 Å². The fourth-order valence-corrected chi connectivity index (χ4v) is 0.411. The summed E-state index contributed by atoms with van der Waals surface area (Å²) in [5.41, 5.74) is 0. The molecular formula is C7H10O. The van der Waals surface area contributed by atoms with Gasteiger partial charge >= 0.3 is 0 Å². The molecule has 0 radical (unpaired) electrons. The Labute approximate surface area is 50.0 Å². The van der Waals surface area contributed by atoms with Gasteiger partial charge in [-0.25, -0.2) is 0 Å². The van der Waals surface area contributed by atoms with E-state index in [0.717, 1.165) is 0 Å². The highest BCUT2D eigenvalue weighted by molar-refractivity contribution is 4.95. The molecule has 1 atom stereocenters. The summed E-state index contributed by atoms with van der Waals surface area (Å²) in [5, 5.41) is 8.82. The molecule has 0 saturated heterocycles. The first-order chi connectivity index (χ1) is 3.81. The summed E-state index contributed by atoms with van der Waals surface area (Å²) in [6, 6.07) is 0. The van der Waals surface area contributed by atoms with Gasteiger partial charge in [0.05, 0.1) is 6.10 Å². The van der Waals surface area contributed by atoms with Gasteiger partial charge in [-0.2, -0.15) is 0 Å². The van der Waals surface area contributed by atoms with Gasteiger partial charge < -0.3 is 5.11 Å². The Hall–Kier alpha value is -0.740. The van der Waals surface area contributed by atoms with Crippen molar-refractivity contribution in [2.45, 2.75) is 19.4 Å².